The Bertz CT molecular complexity index is 1030. The summed E-state index contributed by atoms with van der Waals surface area (Å²) in [4.78, 5) is 30.6. The molecule has 0 saturated carbocycles. The molecule has 170 valence electrons. The minimum absolute atomic E-state index is 0.167. The SMILES string of the molecule is COc1ccc(CN2C(=O)C(NC(=O)C(C)(C)C)(C(F)(F)F)N=C2c2ccccc2)cc1. The smallest absolute Gasteiger partial charge is 0.442 e. The van der Waals surface area contributed by atoms with Gasteiger partial charge in [-0.1, -0.05) is 63.2 Å². The van der Waals surface area contributed by atoms with Gasteiger partial charge in [0, 0.05) is 11.0 Å². The fourth-order valence-electron chi connectivity index (χ4n) is 3.12. The van der Waals surface area contributed by atoms with E-state index in [9.17, 15) is 22.8 Å². The number of nitrogens with zero attached hydrogens (tertiary/aromatic N) is 2. The Morgan fingerprint density at radius 1 is 1.06 bits per heavy atom. The molecule has 3 rings (SSSR count). The third kappa shape index (κ3) is 4.32. The van der Waals surface area contributed by atoms with E-state index in [4.69, 9.17) is 4.74 Å². The first-order valence-corrected chi connectivity index (χ1v) is 9.88. The van der Waals surface area contributed by atoms with Crippen molar-refractivity contribution in [2.45, 2.75) is 39.2 Å². The summed E-state index contributed by atoms with van der Waals surface area (Å²) in [5.74, 6) is -1.90. The second kappa shape index (κ2) is 8.29. The average molecular weight is 447 g/mol. The van der Waals surface area contributed by atoms with Crippen molar-refractivity contribution in [2.75, 3.05) is 7.11 Å². The summed E-state index contributed by atoms with van der Waals surface area (Å²) in [5, 5.41) is 1.89. The van der Waals surface area contributed by atoms with Crippen molar-refractivity contribution >= 4 is 17.6 Å². The third-order valence-corrected chi connectivity index (χ3v) is 5.00. The highest BCUT2D eigenvalue weighted by molar-refractivity contribution is 6.16. The first-order valence-electron chi connectivity index (χ1n) is 9.88. The minimum Gasteiger partial charge on any atom is -0.497 e. The normalized spacial score (nSPS) is 19.0. The summed E-state index contributed by atoms with van der Waals surface area (Å²) < 4.78 is 48.1. The molecule has 0 fully saturated rings. The first kappa shape index (κ1) is 23.3. The highest BCUT2D eigenvalue weighted by Gasteiger charge is 2.67. The van der Waals surface area contributed by atoms with Gasteiger partial charge in [0.25, 0.3) is 5.91 Å². The molecule has 1 aliphatic heterocycles. The van der Waals surface area contributed by atoms with Crippen molar-refractivity contribution in [1.82, 2.24) is 10.2 Å². The van der Waals surface area contributed by atoms with Crippen molar-refractivity contribution in [1.29, 1.82) is 0 Å². The first-order chi connectivity index (χ1) is 14.9. The Labute approximate surface area is 184 Å². The molecule has 2 amide bonds. The molecule has 1 heterocycles. The fourth-order valence-corrected chi connectivity index (χ4v) is 3.12. The van der Waals surface area contributed by atoms with E-state index in [0.717, 1.165) is 4.90 Å². The van der Waals surface area contributed by atoms with Crippen LogP contribution in [0, 0.1) is 5.41 Å². The lowest BCUT2D eigenvalue weighted by molar-refractivity contribution is -0.201. The molecule has 1 aliphatic rings. The second-order valence-electron chi connectivity index (χ2n) is 8.45. The van der Waals surface area contributed by atoms with Crippen LogP contribution in [0.15, 0.2) is 59.6 Å². The standard InChI is InChI=1S/C23H24F3N3O3/c1-21(2,3)19(30)28-22(23(24,25)26)20(31)29(14-15-10-12-17(32-4)13-11-15)18(27-22)16-8-6-5-7-9-16/h5-13H,14H2,1-4H3,(H,28,30). The molecule has 0 aliphatic carbocycles. The Kier molecular flexibility index (Phi) is 6.04. The van der Waals surface area contributed by atoms with Crippen molar-refractivity contribution < 1.29 is 27.5 Å². The number of hydrogen-bond acceptors (Lipinski definition) is 4. The van der Waals surface area contributed by atoms with Crippen LogP contribution >= 0.6 is 0 Å². The maximum absolute atomic E-state index is 14.3. The highest BCUT2D eigenvalue weighted by atomic mass is 19.4. The summed E-state index contributed by atoms with van der Waals surface area (Å²) in [6, 6.07) is 14.7. The number of carbonyl (C=O) groups is 2. The van der Waals surface area contributed by atoms with Gasteiger partial charge in [-0.25, -0.2) is 4.99 Å². The number of methoxy groups -OCH3 is 1. The molecule has 2 aromatic rings. The molecule has 2 aromatic carbocycles. The molecule has 32 heavy (non-hydrogen) atoms. The Morgan fingerprint density at radius 3 is 2.16 bits per heavy atom. The van der Waals surface area contributed by atoms with Crippen molar-refractivity contribution in [2.24, 2.45) is 10.4 Å². The van der Waals surface area contributed by atoms with Crippen LogP contribution in [0.4, 0.5) is 13.2 Å². The molecular weight excluding hydrogens is 423 g/mol. The Morgan fingerprint density at radius 2 is 1.66 bits per heavy atom. The van der Waals surface area contributed by atoms with Gasteiger partial charge in [-0.15, -0.1) is 0 Å². The van der Waals surface area contributed by atoms with Crippen LogP contribution in [-0.4, -0.2) is 41.5 Å². The number of alkyl halides is 3. The van der Waals surface area contributed by atoms with Gasteiger partial charge in [0.2, 0.25) is 5.91 Å². The predicted octanol–water partition coefficient (Wildman–Crippen LogP) is 3.91. The van der Waals surface area contributed by atoms with Crippen LogP contribution < -0.4 is 10.1 Å². The van der Waals surface area contributed by atoms with Gasteiger partial charge in [-0.05, 0) is 17.7 Å². The van der Waals surface area contributed by atoms with Gasteiger partial charge in [-0.2, -0.15) is 13.2 Å². The number of ether oxygens (including phenoxy) is 1. The van der Waals surface area contributed by atoms with E-state index < -0.39 is 29.1 Å². The van der Waals surface area contributed by atoms with E-state index in [1.807, 2.05) is 5.32 Å². The van der Waals surface area contributed by atoms with Gasteiger partial charge < -0.3 is 10.1 Å². The molecule has 9 heteroatoms. The Balaban J connectivity index is 2.11. The second-order valence-corrected chi connectivity index (χ2v) is 8.45. The van der Waals surface area contributed by atoms with Gasteiger partial charge >= 0.3 is 11.8 Å². The van der Waals surface area contributed by atoms with E-state index in [-0.39, 0.29) is 12.4 Å². The number of aliphatic imine (C=N–C) groups is 1. The summed E-state index contributed by atoms with van der Waals surface area (Å²) in [5.41, 5.74) is -3.67. The maximum Gasteiger partial charge on any atom is 0.442 e. The average Bonchev–Trinajstić information content (AvgIpc) is 3.01. The summed E-state index contributed by atoms with van der Waals surface area (Å²) >= 11 is 0. The number of amides is 2. The number of hydrogen-bond donors (Lipinski definition) is 1. The lowest BCUT2D eigenvalue weighted by Gasteiger charge is -2.31. The van der Waals surface area contributed by atoms with Crippen LogP contribution in [0.25, 0.3) is 0 Å². The van der Waals surface area contributed by atoms with E-state index in [0.29, 0.717) is 16.9 Å². The van der Waals surface area contributed by atoms with E-state index >= 15 is 0 Å². The molecule has 0 aromatic heterocycles. The fraction of sp³-hybridized carbons (Fsp3) is 0.348. The van der Waals surface area contributed by atoms with Crippen LogP contribution in [0.5, 0.6) is 5.75 Å². The zero-order chi connectivity index (χ0) is 23.7. The van der Waals surface area contributed by atoms with Crippen LogP contribution in [0.1, 0.15) is 31.9 Å². The van der Waals surface area contributed by atoms with Crippen LogP contribution in [-0.2, 0) is 16.1 Å². The largest absolute Gasteiger partial charge is 0.497 e. The van der Waals surface area contributed by atoms with Gasteiger partial charge in [-0.3, -0.25) is 14.5 Å². The lowest BCUT2D eigenvalue weighted by atomic mass is 9.94. The van der Waals surface area contributed by atoms with Crippen LogP contribution in [0.3, 0.4) is 0 Å². The number of amidine groups is 1. The molecule has 0 saturated heterocycles. The summed E-state index contributed by atoms with van der Waals surface area (Å²) in [7, 11) is 1.49. The zero-order valence-corrected chi connectivity index (χ0v) is 18.2. The number of benzene rings is 2. The molecule has 6 nitrogen and oxygen atoms in total. The number of nitrogens with one attached hydrogen (secondary N) is 1. The summed E-state index contributed by atoms with van der Waals surface area (Å²) in [6.45, 7) is 4.22. The molecular formula is C23H24F3N3O3. The maximum atomic E-state index is 14.3. The van der Waals surface area contributed by atoms with Crippen molar-refractivity contribution in [3.63, 3.8) is 0 Å². The Hall–Kier alpha value is -3.36. The number of carbonyl (C=O) groups excluding carboxylic acids is 2. The number of halogens is 3. The van der Waals surface area contributed by atoms with E-state index in [1.165, 1.54) is 27.9 Å². The third-order valence-electron chi connectivity index (χ3n) is 5.00. The summed E-state index contributed by atoms with van der Waals surface area (Å²) in [6.07, 6.45) is -5.15. The van der Waals surface area contributed by atoms with Crippen LogP contribution in [0.2, 0.25) is 0 Å². The topological polar surface area (TPSA) is 71.0 Å². The van der Waals surface area contributed by atoms with Gasteiger partial charge in [0.05, 0.1) is 13.7 Å². The van der Waals surface area contributed by atoms with Crippen molar-refractivity contribution in [3.05, 3.63) is 65.7 Å². The molecule has 0 radical (unpaired) electrons. The van der Waals surface area contributed by atoms with Gasteiger partial charge in [0.1, 0.15) is 11.6 Å². The molecule has 1 unspecified atom stereocenters. The van der Waals surface area contributed by atoms with E-state index in [2.05, 4.69) is 4.99 Å². The van der Waals surface area contributed by atoms with Crippen molar-refractivity contribution in [3.8, 4) is 5.75 Å². The molecule has 0 spiro atoms. The van der Waals surface area contributed by atoms with Gasteiger partial charge in [0.15, 0.2) is 0 Å². The minimum atomic E-state index is -5.15. The highest BCUT2D eigenvalue weighted by Crippen LogP contribution is 2.39. The predicted molar refractivity (Wildman–Crippen MR) is 113 cm³/mol. The molecule has 1 N–H and O–H groups in total. The zero-order valence-electron chi connectivity index (χ0n) is 18.2. The monoisotopic (exact) mass is 447 g/mol. The quantitative estimate of drug-likeness (QED) is 0.756. The van der Waals surface area contributed by atoms with E-state index in [1.54, 1.807) is 54.6 Å². The lowest BCUT2D eigenvalue weighted by Crippen LogP contribution is -2.64. The molecule has 0 bridgehead atoms. The molecule has 1 atom stereocenters. The number of rotatable bonds is 5.